The van der Waals surface area contributed by atoms with E-state index in [1.54, 1.807) is 7.11 Å². The number of methoxy groups -OCH3 is 1. The second-order valence-corrected chi connectivity index (χ2v) is 3.94. The molecule has 0 saturated carbocycles. The highest BCUT2D eigenvalue weighted by Crippen LogP contribution is 2.19. The standard InChI is InChI=1S/C11H10O.C3H7N3/c1-12-11-7-6-9-4-2-3-5-10(9)8-11;4-3-5-1-2-6-3/h2-8H,1H3;1-2H2,(H3,4,5,6). The smallest absolute Gasteiger partial charge is 0.188 e. The topological polar surface area (TPSA) is 57.1 Å². The Balaban J connectivity index is 0.000000169. The van der Waals surface area contributed by atoms with Crippen LogP contribution in [0.5, 0.6) is 5.75 Å². The lowest BCUT2D eigenvalue weighted by Gasteiger charge is -2.00. The number of benzene rings is 2. The summed E-state index contributed by atoms with van der Waals surface area (Å²) in [6.07, 6.45) is 0. The summed E-state index contributed by atoms with van der Waals surface area (Å²) < 4.78 is 5.12. The molecule has 1 aliphatic rings. The van der Waals surface area contributed by atoms with Crippen LogP contribution in [0.2, 0.25) is 0 Å². The maximum atomic E-state index is 6.83. The van der Waals surface area contributed by atoms with Gasteiger partial charge in [0.25, 0.3) is 0 Å². The molecule has 1 saturated heterocycles. The van der Waals surface area contributed by atoms with E-state index in [0.29, 0.717) is 5.96 Å². The molecule has 0 aromatic heterocycles. The van der Waals surface area contributed by atoms with Crippen LogP contribution in [-0.4, -0.2) is 26.2 Å². The molecular weight excluding hydrogens is 226 g/mol. The van der Waals surface area contributed by atoms with Crippen molar-refractivity contribution in [2.24, 2.45) is 0 Å². The minimum atomic E-state index is 0.454. The first kappa shape index (κ1) is 12.2. The molecule has 0 unspecified atom stereocenters. The van der Waals surface area contributed by atoms with Crippen molar-refractivity contribution >= 4 is 16.7 Å². The molecule has 3 rings (SSSR count). The van der Waals surface area contributed by atoms with Crippen LogP contribution in [-0.2, 0) is 0 Å². The second kappa shape index (κ2) is 5.91. The molecule has 2 aromatic rings. The number of guanidine groups is 1. The monoisotopic (exact) mass is 243 g/mol. The maximum absolute atomic E-state index is 6.83. The van der Waals surface area contributed by atoms with E-state index in [1.807, 2.05) is 24.3 Å². The van der Waals surface area contributed by atoms with Crippen molar-refractivity contribution in [1.82, 2.24) is 10.6 Å². The van der Waals surface area contributed by atoms with Crippen molar-refractivity contribution in [3.05, 3.63) is 42.5 Å². The van der Waals surface area contributed by atoms with Crippen molar-refractivity contribution in [3.63, 3.8) is 0 Å². The van der Waals surface area contributed by atoms with Gasteiger partial charge in [0, 0.05) is 13.1 Å². The van der Waals surface area contributed by atoms with Crippen LogP contribution in [0, 0.1) is 5.41 Å². The minimum absolute atomic E-state index is 0.454. The van der Waals surface area contributed by atoms with Gasteiger partial charge in [-0.05, 0) is 22.9 Å². The second-order valence-electron chi connectivity index (χ2n) is 3.94. The molecule has 0 atom stereocenters. The van der Waals surface area contributed by atoms with Crippen LogP contribution in [0.1, 0.15) is 0 Å². The molecule has 4 nitrogen and oxygen atoms in total. The summed E-state index contributed by atoms with van der Waals surface area (Å²) in [7, 11) is 1.68. The molecular formula is C14H17N3O. The minimum Gasteiger partial charge on any atom is -0.497 e. The molecule has 0 spiro atoms. The number of hydrogen-bond donors (Lipinski definition) is 3. The van der Waals surface area contributed by atoms with E-state index in [0.717, 1.165) is 18.8 Å². The molecule has 1 aliphatic heterocycles. The van der Waals surface area contributed by atoms with Crippen molar-refractivity contribution in [2.75, 3.05) is 20.2 Å². The van der Waals surface area contributed by atoms with Crippen molar-refractivity contribution in [3.8, 4) is 5.75 Å². The third-order valence-corrected chi connectivity index (χ3v) is 2.69. The summed E-state index contributed by atoms with van der Waals surface area (Å²) in [5, 5.41) is 14.9. The zero-order valence-corrected chi connectivity index (χ0v) is 10.4. The molecule has 0 bridgehead atoms. The Morgan fingerprint density at radius 1 is 1.00 bits per heavy atom. The first-order valence-electron chi connectivity index (χ1n) is 5.88. The van der Waals surface area contributed by atoms with E-state index in [9.17, 15) is 0 Å². The Morgan fingerprint density at radius 2 is 1.67 bits per heavy atom. The van der Waals surface area contributed by atoms with Gasteiger partial charge in [-0.3, -0.25) is 5.41 Å². The zero-order chi connectivity index (χ0) is 12.8. The van der Waals surface area contributed by atoms with E-state index >= 15 is 0 Å². The van der Waals surface area contributed by atoms with Gasteiger partial charge in [0.1, 0.15) is 5.75 Å². The van der Waals surface area contributed by atoms with Crippen LogP contribution < -0.4 is 15.4 Å². The molecule has 4 heteroatoms. The van der Waals surface area contributed by atoms with Crippen molar-refractivity contribution < 1.29 is 4.74 Å². The highest BCUT2D eigenvalue weighted by molar-refractivity contribution is 5.83. The Morgan fingerprint density at radius 3 is 2.22 bits per heavy atom. The lowest BCUT2D eigenvalue weighted by Crippen LogP contribution is -2.21. The Hall–Kier alpha value is -2.23. The van der Waals surface area contributed by atoms with Crippen LogP contribution in [0.4, 0.5) is 0 Å². The van der Waals surface area contributed by atoms with Gasteiger partial charge in [0.15, 0.2) is 5.96 Å². The third-order valence-electron chi connectivity index (χ3n) is 2.69. The lowest BCUT2D eigenvalue weighted by atomic mass is 10.1. The molecule has 0 radical (unpaired) electrons. The summed E-state index contributed by atoms with van der Waals surface area (Å²) in [5.74, 6) is 1.36. The van der Waals surface area contributed by atoms with E-state index in [1.165, 1.54) is 10.8 Å². The van der Waals surface area contributed by atoms with Gasteiger partial charge in [0.2, 0.25) is 0 Å². The van der Waals surface area contributed by atoms with Gasteiger partial charge >= 0.3 is 0 Å². The molecule has 1 heterocycles. The molecule has 94 valence electrons. The molecule has 3 N–H and O–H groups in total. The van der Waals surface area contributed by atoms with Gasteiger partial charge in [-0.25, -0.2) is 0 Å². The van der Waals surface area contributed by atoms with Crippen molar-refractivity contribution in [1.29, 1.82) is 5.41 Å². The quantitative estimate of drug-likeness (QED) is 0.717. The summed E-state index contributed by atoms with van der Waals surface area (Å²) in [4.78, 5) is 0. The van der Waals surface area contributed by atoms with E-state index < -0.39 is 0 Å². The largest absolute Gasteiger partial charge is 0.497 e. The van der Waals surface area contributed by atoms with Gasteiger partial charge < -0.3 is 15.4 Å². The third kappa shape index (κ3) is 3.13. The molecule has 0 amide bonds. The van der Waals surface area contributed by atoms with Crippen LogP contribution >= 0.6 is 0 Å². The number of ether oxygens (including phenoxy) is 1. The average molecular weight is 243 g/mol. The van der Waals surface area contributed by atoms with Crippen LogP contribution in [0.3, 0.4) is 0 Å². The fourth-order valence-corrected chi connectivity index (χ4v) is 1.73. The lowest BCUT2D eigenvalue weighted by molar-refractivity contribution is 0.415. The average Bonchev–Trinajstić information content (AvgIpc) is 2.90. The van der Waals surface area contributed by atoms with Crippen molar-refractivity contribution in [2.45, 2.75) is 0 Å². The van der Waals surface area contributed by atoms with E-state index in [2.05, 4.69) is 28.8 Å². The van der Waals surface area contributed by atoms with E-state index in [4.69, 9.17) is 10.1 Å². The summed E-state index contributed by atoms with van der Waals surface area (Å²) in [5.41, 5.74) is 0. The van der Waals surface area contributed by atoms with Gasteiger partial charge in [-0.15, -0.1) is 0 Å². The van der Waals surface area contributed by atoms with Gasteiger partial charge in [-0.1, -0.05) is 30.3 Å². The molecule has 2 aromatic carbocycles. The Labute approximate surface area is 106 Å². The van der Waals surface area contributed by atoms with Gasteiger partial charge in [-0.2, -0.15) is 0 Å². The predicted molar refractivity (Wildman–Crippen MR) is 74.2 cm³/mol. The number of fused-ring (bicyclic) bond motifs is 1. The molecule has 0 aliphatic carbocycles. The highest BCUT2D eigenvalue weighted by Gasteiger charge is 1.98. The number of hydrogen-bond acceptors (Lipinski definition) is 2. The first-order chi connectivity index (χ1) is 8.79. The molecule has 1 fully saturated rings. The van der Waals surface area contributed by atoms with Crippen LogP contribution in [0.15, 0.2) is 42.5 Å². The zero-order valence-electron chi connectivity index (χ0n) is 10.4. The highest BCUT2D eigenvalue weighted by atomic mass is 16.5. The SMILES string of the molecule is COc1ccc2ccccc2c1.N=C1NCCN1. The maximum Gasteiger partial charge on any atom is 0.188 e. The fraction of sp³-hybridized carbons (Fsp3) is 0.214. The van der Waals surface area contributed by atoms with Crippen LogP contribution in [0.25, 0.3) is 10.8 Å². The van der Waals surface area contributed by atoms with Gasteiger partial charge in [0.05, 0.1) is 7.11 Å². The summed E-state index contributed by atoms with van der Waals surface area (Å²) in [6.45, 7) is 1.80. The number of rotatable bonds is 1. The first-order valence-corrected chi connectivity index (χ1v) is 5.88. The summed E-state index contributed by atoms with van der Waals surface area (Å²) >= 11 is 0. The predicted octanol–water partition coefficient (Wildman–Crippen LogP) is 1.96. The normalized spacial score (nSPS) is 13.3. The van der Waals surface area contributed by atoms with E-state index in [-0.39, 0.29) is 0 Å². The molecule has 18 heavy (non-hydrogen) atoms. The fourth-order valence-electron chi connectivity index (χ4n) is 1.73. The summed E-state index contributed by atoms with van der Waals surface area (Å²) in [6, 6.07) is 14.3. The Kier molecular flexibility index (Phi) is 4.02. The Bertz CT molecular complexity index is 531. The number of nitrogens with one attached hydrogen (secondary N) is 3.